The monoisotopic (exact) mass is 487 g/mol. The van der Waals surface area contributed by atoms with Crippen LogP contribution in [0.4, 0.5) is 10.8 Å². The number of hydrogen-bond donors (Lipinski definition) is 1. The second kappa shape index (κ2) is 11.1. The summed E-state index contributed by atoms with van der Waals surface area (Å²) in [5.41, 5.74) is 4.69. The fraction of sp³-hybridized carbons (Fsp3) is 0.273. The second-order valence-electron chi connectivity index (χ2n) is 7.19. The number of sulfonamides is 1. The standard InChI is InChI=1S/C22H25N5O4S2/c1-3-11-26(12-4-2)33(30,31)20-10-6-8-18(14-20)21-16-32-22(24-21)25-23-15-17-7-5-9-19(13-17)27(28)29/h5-10,13-16H,3-4,11-12H2,1-2H3,(H,24,25). The van der Waals surface area contributed by atoms with E-state index in [-0.39, 0.29) is 10.6 Å². The number of thiazole rings is 1. The molecule has 9 nitrogen and oxygen atoms in total. The molecule has 0 aliphatic rings. The number of anilines is 1. The second-order valence-corrected chi connectivity index (χ2v) is 9.99. The van der Waals surface area contributed by atoms with Crippen molar-refractivity contribution in [2.45, 2.75) is 31.6 Å². The molecule has 0 atom stereocenters. The van der Waals surface area contributed by atoms with Crippen molar-refractivity contribution >= 4 is 38.4 Å². The molecular formula is C22H25N5O4S2. The minimum Gasteiger partial charge on any atom is -0.258 e. The molecule has 0 radical (unpaired) electrons. The predicted octanol–water partition coefficient (Wildman–Crippen LogP) is 4.98. The lowest BCUT2D eigenvalue weighted by Crippen LogP contribution is -2.32. The van der Waals surface area contributed by atoms with Crippen molar-refractivity contribution in [2.24, 2.45) is 5.10 Å². The van der Waals surface area contributed by atoms with E-state index in [0.29, 0.717) is 35.0 Å². The number of non-ortho nitro benzene ring substituents is 1. The molecule has 33 heavy (non-hydrogen) atoms. The lowest BCUT2D eigenvalue weighted by Gasteiger charge is -2.21. The maximum absolute atomic E-state index is 13.1. The number of nitro groups is 1. The normalized spacial score (nSPS) is 11.8. The molecule has 174 valence electrons. The number of hydrogen-bond acceptors (Lipinski definition) is 8. The molecule has 1 aromatic heterocycles. The average Bonchev–Trinajstić information content (AvgIpc) is 3.28. The highest BCUT2D eigenvalue weighted by molar-refractivity contribution is 7.89. The Morgan fingerprint density at radius 3 is 2.58 bits per heavy atom. The third-order valence-electron chi connectivity index (χ3n) is 4.67. The predicted molar refractivity (Wildman–Crippen MR) is 131 cm³/mol. The Bertz CT molecular complexity index is 1230. The maximum Gasteiger partial charge on any atom is 0.270 e. The van der Waals surface area contributed by atoms with Gasteiger partial charge in [0.05, 0.1) is 21.7 Å². The highest BCUT2D eigenvalue weighted by Gasteiger charge is 2.23. The summed E-state index contributed by atoms with van der Waals surface area (Å²) in [4.78, 5) is 15.1. The number of nitrogens with zero attached hydrogens (tertiary/aromatic N) is 4. The van der Waals surface area contributed by atoms with E-state index in [1.807, 2.05) is 25.3 Å². The fourth-order valence-electron chi connectivity index (χ4n) is 3.15. The summed E-state index contributed by atoms with van der Waals surface area (Å²) >= 11 is 1.32. The van der Waals surface area contributed by atoms with Crippen LogP contribution in [0.5, 0.6) is 0 Å². The summed E-state index contributed by atoms with van der Waals surface area (Å²) in [7, 11) is -3.58. The fourth-order valence-corrected chi connectivity index (χ4v) is 5.49. The first-order valence-corrected chi connectivity index (χ1v) is 12.8. The zero-order chi connectivity index (χ0) is 23.8. The van der Waals surface area contributed by atoms with Gasteiger partial charge in [0.25, 0.3) is 5.69 Å². The summed E-state index contributed by atoms with van der Waals surface area (Å²) in [6, 6.07) is 12.9. The van der Waals surface area contributed by atoms with E-state index in [0.717, 1.165) is 12.8 Å². The van der Waals surface area contributed by atoms with Crippen LogP contribution in [0.1, 0.15) is 32.3 Å². The van der Waals surface area contributed by atoms with E-state index in [4.69, 9.17) is 0 Å². The van der Waals surface area contributed by atoms with E-state index in [1.165, 1.54) is 34.0 Å². The molecule has 0 amide bonds. The zero-order valence-corrected chi connectivity index (χ0v) is 20.0. The van der Waals surface area contributed by atoms with Crippen LogP contribution in [-0.2, 0) is 10.0 Å². The van der Waals surface area contributed by atoms with Gasteiger partial charge in [0, 0.05) is 41.7 Å². The molecule has 2 aromatic carbocycles. The van der Waals surface area contributed by atoms with Crippen molar-refractivity contribution in [1.29, 1.82) is 0 Å². The summed E-state index contributed by atoms with van der Waals surface area (Å²) in [6.07, 6.45) is 2.96. The highest BCUT2D eigenvalue weighted by Crippen LogP contribution is 2.28. The average molecular weight is 488 g/mol. The maximum atomic E-state index is 13.1. The summed E-state index contributed by atoms with van der Waals surface area (Å²) in [5, 5.41) is 17.3. The molecule has 1 heterocycles. The van der Waals surface area contributed by atoms with Crippen molar-refractivity contribution < 1.29 is 13.3 Å². The first-order valence-electron chi connectivity index (χ1n) is 10.4. The van der Waals surface area contributed by atoms with Crippen molar-refractivity contribution in [3.63, 3.8) is 0 Å². The Labute approximate surface area is 197 Å². The van der Waals surface area contributed by atoms with E-state index >= 15 is 0 Å². The minimum absolute atomic E-state index is 0.0123. The Kier molecular flexibility index (Phi) is 8.26. The lowest BCUT2D eigenvalue weighted by atomic mass is 10.2. The third-order valence-corrected chi connectivity index (χ3v) is 7.31. The van der Waals surface area contributed by atoms with Crippen molar-refractivity contribution in [1.82, 2.24) is 9.29 Å². The van der Waals surface area contributed by atoms with Crippen LogP contribution in [0.25, 0.3) is 11.3 Å². The minimum atomic E-state index is -3.58. The lowest BCUT2D eigenvalue weighted by molar-refractivity contribution is -0.384. The van der Waals surface area contributed by atoms with Gasteiger partial charge < -0.3 is 0 Å². The molecule has 0 fully saturated rings. The van der Waals surface area contributed by atoms with Crippen molar-refractivity contribution in [3.05, 3.63) is 69.6 Å². The van der Waals surface area contributed by atoms with E-state index in [9.17, 15) is 18.5 Å². The van der Waals surface area contributed by atoms with E-state index in [1.54, 1.807) is 30.3 Å². The van der Waals surface area contributed by atoms with Crippen LogP contribution in [0.3, 0.4) is 0 Å². The van der Waals surface area contributed by atoms with Gasteiger partial charge in [-0.25, -0.2) is 13.4 Å². The molecule has 0 aliphatic heterocycles. The Morgan fingerprint density at radius 2 is 1.88 bits per heavy atom. The van der Waals surface area contributed by atoms with Gasteiger partial charge in [0.15, 0.2) is 0 Å². The number of benzene rings is 2. The molecule has 0 aliphatic carbocycles. The first-order chi connectivity index (χ1) is 15.8. The SMILES string of the molecule is CCCN(CCC)S(=O)(=O)c1cccc(-c2csc(NN=Cc3cccc([N+](=O)[O-])c3)n2)c1. The quantitative estimate of drug-likeness (QED) is 0.232. The number of nitrogens with one attached hydrogen (secondary N) is 1. The zero-order valence-electron chi connectivity index (χ0n) is 18.3. The number of rotatable bonds is 11. The van der Waals surface area contributed by atoms with Gasteiger partial charge >= 0.3 is 0 Å². The van der Waals surface area contributed by atoms with Crippen LogP contribution in [0.2, 0.25) is 0 Å². The molecule has 3 aromatic rings. The molecule has 1 N–H and O–H groups in total. The summed E-state index contributed by atoms with van der Waals surface area (Å²) in [5.74, 6) is 0. The Hall–Kier alpha value is -3.15. The number of aromatic nitrogens is 1. The molecule has 3 rings (SSSR count). The van der Waals surface area contributed by atoms with Gasteiger partial charge in [-0.1, -0.05) is 38.1 Å². The first kappa shape index (κ1) is 24.5. The van der Waals surface area contributed by atoms with Crippen molar-refractivity contribution in [3.8, 4) is 11.3 Å². The molecular weight excluding hydrogens is 462 g/mol. The van der Waals surface area contributed by atoms with E-state index < -0.39 is 14.9 Å². The van der Waals surface area contributed by atoms with Crippen LogP contribution in [0, 0.1) is 10.1 Å². The Morgan fingerprint density at radius 1 is 1.15 bits per heavy atom. The van der Waals surface area contributed by atoms with E-state index in [2.05, 4.69) is 15.5 Å². The molecule has 0 saturated carbocycles. The van der Waals surface area contributed by atoms with Gasteiger partial charge in [0.1, 0.15) is 0 Å². The van der Waals surface area contributed by atoms with Crippen LogP contribution in [-0.4, -0.2) is 41.9 Å². The highest BCUT2D eigenvalue weighted by atomic mass is 32.2. The third kappa shape index (κ3) is 6.21. The number of nitro benzene ring substituents is 1. The topological polar surface area (TPSA) is 118 Å². The number of hydrazone groups is 1. The largest absolute Gasteiger partial charge is 0.270 e. The summed E-state index contributed by atoms with van der Waals surface area (Å²) < 4.78 is 27.7. The van der Waals surface area contributed by atoms with Crippen LogP contribution in [0.15, 0.2) is 63.9 Å². The Balaban J connectivity index is 1.75. The smallest absolute Gasteiger partial charge is 0.258 e. The van der Waals surface area contributed by atoms with Gasteiger partial charge in [-0.05, 0) is 25.0 Å². The van der Waals surface area contributed by atoms with Gasteiger partial charge in [-0.15, -0.1) is 11.3 Å². The molecule has 0 spiro atoms. The van der Waals surface area contributed by atoms with Gasteiger partial charge in [-0.2, -0.15) is 9.41 Å². The van der Waals surface area contributed by atoms with Crippen molar-refractivity contribution in [2.75, 3.05) is 18.5 Å². The molecule has 0 saturated heterocycles. The molecule has 0 bridgehead atoms. The van der Waals surface area contributed by atoms with Crippen LogP contribution < -0.4 is 5.43 Å². The molecule has 0 unspecified atom stereocenters. The van der Waals surface area contributed by atoms with Gasteiger partial charge in [-0.3, -0.25) is 15.5 Å². The summed E-state index contributed by atoms with van der Waals surface area (Å²) in [6.45, 7) is 4.88. The van der Waals surface area contributed by atoms with Gasteiger partial charge in [0.2, 0.25) is 15.2 Å². The molecule has 11 heteroatoms. The van der Waals surface area contributed by atoms with Crippen LogP contribution >= 0.6 is 11.3 Å².